The minimum Gasteiger partial charge on any atom is -0.501 e. The lowest BCUT2D eigenvalue weighted by Gasteiger charge is -2.11. The molecule has 3 atom stereocenters. The van der Waals surface area contributed by atoms with Crippen molar-refractivity contribution >= 4 is 11.9 Å². The van der Waals surface area contributed by atoms with E-state index in [1.165, 1.54) is 6.26 Å². The summed E-state index contributed by atoms with van der Waals surface area (Å²) in [6, 6.07) is -0.863. The first kappa shape index (κ1) is 15.5. The Labute approximate surface area is 111 Å². The lowest BCUT2D eigenvalue weighted by Crippen LogP contribution is -2.43. The third kappa shape index (κ3) is 5.27. The molecule has 0 bridgehead atoms. The molecule has 1 fully saturated rings. The summed E-state index contributed by atoms with van der Waals surface area (Å²) < 4.78 is 4.83. The zero-order chi connectivity index (χ0) is 14.3. The standard InChI is InChI=1S/C12H20N2O5/c1-2-19-4-3-11(17)14-12(18)13-9-5-8(7-15)10(16)6-9/h3-4,8-10,15-16H,2,5-7H2,1H3,(H2,13,14,17,18)/b4-3+/t8-,9-,10+/m1/s1. The normalized spacial score (nSPS) is 26.4. The first-order chi connectivity index (χ1) is 9.06. The molecule has 3 amide bonds. The highest BCUT2D eigenvalue weighted by molar-refractivity contribution is 6.00. The molecular formula is C12H20N2O5. The summed E-state index contributed by atoms with van der Waals surface area (Å²) in [4.78, 5) is 22.7. The van der Waals surface area contributed by atoms with E-state index in [0.29, 0.717) is 19.4 Å². The van der Waals surface area contributed by atoms with Gasteiger partial charge in [-0.3, -0.25) is 10.1 Å². The molecule has 1 aliphatic rings. The topological polar surface area (TPSA) is 108 Å². The monoisotopic (exact) mass is 272 g/mol. The molecule has 7 nitrogen and oxygen atoms in total. The zero-order valence-electron chi connectivity index (χ0n) is 10.8. The highest BCUT2D eigenvalue weighted by Gasteiger charge is 2.33. The molecule has 0 spiro atoms. The maximum absolute atomic E-state index is 11.5. The molecule has 0 aromatic heterocycles. The highest BCUT2D eigenvalue weighted by atomic mass is 16.5. The Kier molecular flexibility index (Phi) is 6.31. The van der Waals surface area contributed by atoms with E-state index in [9.17, 15) is 14.7 Å². The number of aliphatic hydroxyl groups excluding tert-OH is 2. The van der Waals surface area contributed by atoms with E-state index < -0.39 is 18.0 Å². The number of ether oxygens (including phenoxy) is 1. The average molecular weight is 272 g/mol. The van der Waals surface area contributed by atoms with Crippen LogP contribution >= 0.6 is 0 Å². The fourth-order valence-electron chi connectivity index (χ4n) is 2.00. The van der Waals surface area contributed by atoms with Crippen molar-refractivity contribution in [3.8, 4) is 0 Å². The van der Waals surface area contributed by atoms with E-state index in [4.69, 9.17) is 9.84 Å². The molecule has 1 rings (SSSR count). The van der Waals surface area contributed by atoms with Crippen LogP contribution in [-0.2, 0) is 9.53 Å². The van der Waals surface area contributed by atoms with Gasteiger partial charge >= 0.3 is 6.03 Å². The van der Waals surface area contributed by atoms with Gasteiger partial charge in [0.2, 0.25) is 0 Å². The maximum atomic E-state index is 11.5. The van der Waals surface area contributed by atoms with Crippen LogP contribution in [0, 0.1) is 5.92 Å². The fourth-order valence-corrected chi connectivity index (χ4v) is 2.00. The van der Waals surface area contributed by atoms with E-state index in [1.807, 2.05) is 0 Å². The van der Waals surface area contributed by atoms with Gasteiger partial charge in [-0.2, -0.15) is 0 Å². The number of nitrogens with one attached hydrogen (secondary N) is 2. The van der Waals surface area contributed by atoms with Gasteiger partial charge in [-0.25, -0.2) is 4.79 Å². The van der Waals surface area contributed by atoms with Gasteiger partial charge in [0, 0.05) is 24.6 Å². The van der Waals surface area contributed by atoms with Gasteiger partial charge < -0.3 is 20.3 Å². The summed E-state index contributed by atoms with van der Waals surface area (Å²) in [7, 11) is 0. The Morgan fingerprint density at radius 1 is 1.42 bits per heavy atom. The number of carbonyl (C=O) groups is 2. The summed E-state index contributed by atoms with van der Waals surface area (Å²) in [5.41, 5.74) is 0. The van der Waals surface area contributed by atoms with Crippen LogP contribution in [0.4, 0.5) is 4.79 Å². The number of imide groups is 1. The molecule has 0 saturated heterocycles. The lowest BCUT2D eigenvalue weighted by atomic mass is 10.1. The van der Waals surface area contributed by atoms with E-state index in [1.54, 1.807) is 6.92 Å². The average Bonchev–Trinajstić information content (AvgIpc) is 2.69. The molecule has 4 N–H and O–H groups in total. The van der Waals surface area contributed by atoms with Crippen LogP contribution in [0.1, 0.15) is 19.8 Å². The van der Waals surface area contributed by atoms with Crippen molar-refractivity contribution in [3.63, 3.8) is 0 Å². The molecule has 108 valence electrons. The van der Waals surface area contributed by atoms with E-state index >= 15 is 0 Å². The Hall–Kier alpha value is -1.60. The molecule has 1 saturated carbocycles. The van der Waals surface area contributed by atoms with Gasteiger partial charge in [0.05, 0.1) is 19.0 Å². The predicted molar refractivity (Wildman–Crippen MR) is 67.0 cm³/mol. The van der Waals surface area contributed by atoms with Gasteiger partial charge in [0.1, 0.15) is 0 Å². The molecule has 0 heterocycles. The van der Waals surface area contributed by atoms with E-state index in [2.05, 4.69) is 10.6 Å². The quantitative estimate of drug-likeness (QED) is 0.398. The number of hydrogen-bond donors (Lipinski definition) is 4. The Morgan fingerprint density at radius 3 is 2.74 bits per heavy atom. The molecule has 0 aromatic carbocycles. The molecule has 0 aliphatic heterocycles. The molecule has 0 radical (unpaired) electrons. The van der Waals surface area contributed by atoms with Crippen molar-refractivity contribution in [2.75, 3.05) is 13.2 Å². The third-order valence-corrected chi connectivity index (χ3v) is 2.95. The minimum atomic E-state index is -0.623. The first-order valence-electron chi connectivity index (χ1n) is 6.25. The van der Waals surface area contributed by atoms with Crippen LogP contribution in [-0.4, -0.2) is 47.5 Å². The highest BCUT2D eigenvalue weighted by Crippen LogP contribution is 2.25. The minimum absolute atomic E-state index is 0.114. The van der Waals surface area contributed by atoms with Crippen LogP contribution in [0.2, 0.25) is 0 Å². The number of hydrogen-bond acceptors (Lipinski definition) is 5. The summed E-state index contributed by atoms with van der Waals surface area (Å²) in [6.45, 7) is 2.10. The maximum Gasteiger partial charge on any atom is 0.321 e. The molecule has 7 heteroatoms. The second kappa shape index (κ2) is 7.75. The van der Waals surface area contributed by atoms with Gasteiger partial charge in [0.25, 0.3) is 5.91 Å². The zero-order valence-corrected chi connectivity index (χ0v) is 10.8. The largest absolute Gasteiger partial charge is 0.501 e. The van der Waals surface area contributed by atoms with Crippen molar-refractivity contribution in [1.82, 2.24) is 10.6 Å². The molecule has 19 heavy (non-hydrogen) atoms. The Morgan fingerprint density at radius 2 is 2.16 bits per heavy atom. The van der Waals surface area contributed by atoms with Gasteiger partial charge in [-0.1, -0.05) is 0 Å². The van der Waals surface area contributed by atoms with Gasteiger partial charge in [-0.15, -0.1) is 0 Å². The number of rotatable bonds is 5. The fraction of sp³-hybridized carbons (Fsp3) is 0.667. The van der Waals surface area contributed by atoms with E-state index in [0.717, 1.165) is 6.08 Å². The van der Waals surface area contributed by atoms with Gasteiger partial charge in [0.15, 0.2) is 0 Å². The molecule has 0 unspecified atom stereocenters. The summed E-state index contributed by atoms with van der Waals surface area (Å²) >= 11 is 0. The van der Waals surface area contributed by atoms with E-state index in [-0.39, 0.29) is 18.6 Å². The number of urea groups is 1. The molecule has 1 aliphatic carbocycles. The molecular weight excluding hydrogens is 252 g/mol. The SMILES string of the molecule is CCO/C=C/C(=O)NC(=O)N[C@@H]1C[C@H](CO)[C@@H](O)C1. The third-order valence-electron chi connectivity index (χ3n) is 2.95. The first-order valence-corrected chi connectivity index (χ1v) is 6.25. The van der Waals surface area contributed by atoms with Crippen LogP contribution in [0.3, 0.4) is 0 Å². The van der Waals surface area contributed by atoms with Crippen LogP contribution in [0.15, 0.2) is 12.3 Å². The number of carbonyl (C=O) groups excluding carboxylic acids is 2. The second-order valence-corrected chi connectivity index (χ2v) is 4.40. The Bertz CT molecular complexity index is 345. The van der Waals surface area contributed by atoms with Crippen molar-refractivity contribution in [3.05, 3.63) is 12.3 Å². The predicted octanol–water partition coefficient (Wildman–Crippen LogP) is -0.506. The van der Waals surface area contributed by atoms with Crippen molar-refractivity contribution in [1.29, 1.82) is 0 Å². The van der Waals surface area contributed by atoms with Crippen LogP contribution < -0.4 is 10.6 Å². The van der Waals surface area contributed by atoms with Crippen molar-refractivity contribution in [2.24, 2.45) is 5.92 Å². The summed E-state index contributed by atoms with van der Waals surface area (Å²) in [5.74, 6) is -0.804. The van der Waals surface area contributed by atoms with Crippen LogP contribution in [0.25, 0.3) is 0 Å². The lowest BCUT2D eigenvalue weighted by molar-refractivity contribution is -0.115. The van der Waals surface area contributed by atoms with Crippen molar-refractivity contribution in [2.45, 2.75) is 31.9 Å². The number of aliphatic hydroxyl groups is 2. The van der Waals surface area contributed by atoms with Crippen LogP contribution in [0.5, 0.6) is 0 Å². The number of amides is 3. The smallest absolute Gasteiger partial charge is 0.321 e. The second-order valence-electron chi connectivity index (χ2n) is 4.40. The Balaban J connectivity index is 2.30. The summed E-state index contributed by atoms with van der Waals surface area (Å²) in [6.07, 6.45) is 2.58. The summed E-state index contributed by atoms with van der Waals surface area (Å²) in [5, 5.41) is 23.3. The van der Waals surface area contributed by atoms with Gasteiger partial charge in [-0.05, 0) is 19.8 Å². The van der Waals surface area contributed by atoms with Crippen molar-refractivity contribution < 1.29 is 24.5 Å². The molecule has 0 aromatic rings.